The minimum Gasteiger partial charge on any atom is -0.389 e. The quantitative estimate of drug-likeness (QED) is 0.682. The molecule has 0 aromatic rings. The first-order valence-electron chi connectivity index (χ1n) is 6.00. The molecule has 0 aliphatic heterocycles. The van der Waals surface area contributed by atoms with Crippen molar-refractivity contribution < 1.29 is 5.11 Å². The molecular formula is C12H23BO. The molecule has 0 bridgehead atoms. The monoisotopic (exact) mass is 194 g/mol. The number of aliphatic hydroxyl groups is 1. The maximum atomic E-state index is 10.7. The Kier molecular flexibility index (Phi) is 4.06. The van der Waals surface area contributed by atoms with E-state index in [-0.39, 0.29) is 5.41 Å². The van der Waals surface area contributed by atoms with Gasteiger partial charge in [0.1, 0.15) is 0 Å². The van der Waals surface area contributed by atoms with Crippen molar-refractivity contribution >= 4 is 7.85 Å². The van der Waals surface area contributed by atoms with Crippen molar-refractivity contribution in [2.45, 2.75) is 70.7 Å². The summed E-state index contributed by atoms with van der Waals surface area (Å²) in [5.41, 5.74) is -0.320. The van der Waals surface area contributed by atoms with Crippen molar-refractivity contribution in [3.63, 3.8) is 0 Å². The van der Waals surface area contributed by atoms with Gasteiger partial charge in [0.15, 0.2) is 0 Å². The predicted molar refractivity (Wildman–Crippen MR) is 61.6 cm³/mol. The third-order valence-electron chi connectivity index (χ3n) is 4.27. The van der Waals surface area contributed by atoms with Gasteiger partial charge in [0.2, 0.25) is 0 Å². The largest absolute Gasteiger partial charge is 0.389 e. The molecule has 0 heterocycles. The van der Waals surface area contributed by atoms with E-state index in [1.807, 2.05) is 0 Å². The van der Waals surface area contributed by atoms with Crippen molar-refractivity contribution in [2.75, 3.05) is 0 Å². The van der Waals surface area contributed by atoms with Crippen LogP contribution in [0.2, 0.25) is 6.32 Å². The Morgan fingerprint density at radius 3 is 2.50 bits per heavy atom. The fraction of sp³-hybridized carbons (Fsp3) is 1.00. The molecular weight excluding hydrogens is 171 g/mol. The van der Waals surface area contributed by atoms with Crippen LogP contribution in [-0.4, -0.2) is 18.6 Å². The second kappa shape index (κ2) is 4.70. The molecule has 2 atom stereocenters. The van der Waals surface area contributed by atoms with Gasteiger partial charge in [0, 0.05) is 0 Å². The van der Waals surface area contributed by atoms with Gasteiger partial charge in [-0.3, -0.25) is 0 Å². The molecule has 0 saturated heterocycles. The molecule has 2 radical (unpaired) electrons. The van der Waals surface area contributed by atoms with Gasteiger partial charge in [-0.1, -0.05) is 39.4 Å². The summed E-state index contributed by atoms with van der Waals surface area (Å²) in [6.07, 6.45) is 8.20. The van der Waals surface area contributed by atoms with E-state index in [1.165, 1.54) is 19.3 Å². The number of hydrogen-bond donors (Lipinski definition) is 1. The van der Waals surface area contributed by atoms with Crippen molar-refractivity contribution in [1.29, 1.82) is 0 Å². The second-order valence-electron chi connectivity index (χ2n) is 5.05. The Bertz CT molecular complexity index is 183. The van der Waals surface area contributed by atoms with Crippen LogP contribution < -0.4 is 0 Å². The van der Waals surface area contributed by atoms with Gasteiger partial charge in [0.25, 0.3) is 0 Å². The molecule has 0 aromatic carbocycles. The van der Waals surface area contributed by atoms with Gasteiger partial charge in [-0.2, -0.15) is 0 Å². The van der Waals surface area contributed by atoms with Crippen LogP contribution in [0.15, 0.2) is 0 Å². The highest BCUT2D eigenvalue weighted by molar-refractivity contribution is 6.08. The Balaban J connectivity index is 2.69. The molecule has 80 valence electrons. The Hall–Kier alpha value is 0.0249. The summed E-state index contributed by atoms with van der Waals surface area (Å²) in [5, 5.41) is 10.7. The third-order valence-corrected chi connectivity index (χ3v) is 4.27. The maximum Gasteiger partial charge on any atom is 0.0700 e. The SMILES string of the molecule is [B]CCCC1(O)CCCCC1(C)CC. The third kappa shape index (κ3) is 2.16. The van der Waals surface area contributed by atoms with Crippen molar-refractivity contribution in [2.24, 2.45) is 5.41 Å². The average Bonchev–Trinajstić information content (AvgIpc) is 2.20. The molecule has 1 saturated carbocycles. The van der Waals surface area contributed by atoms with Crippen LogP contribution in [0.5, 0.6) is 0 Å². The van der Waals surface area contributed by atoms with E-state index in [4.69, 9.17) is 7.85 Å². The lowest BCUT2D eigenvalue weighted by Gasteiger charge is -2.48. The Morgan fingerprint density at radius 2 is 1.93 bits per heavy atom. The van der Waals surface area contributed by atoms with Crippen LogP contribution in [0.25, 0.3) is 0 Å². The van der Waals surface area contributed by atoms with Crippen molar-refractivity contribution in [1.82, 2.24) is 0 Å². The van der Waals surface area contributed by atoms with E-state index in [0.29, 0.717) is 6.32 Å². The zero-order valence-electron chi connectivity index (χ0n) is 9.68. The Labute approximate surface area is 89.7 Å². The molecule has 0 spiro atoms. The molecule has 1 rings (SSSR count). The predicted octanol–water partition coefficient (Wildman–Crippen LogP) is 3.07. The lowest BCUT2D eigenvalue weighted by Crippen LogP contribution is -2.48. The molecule has 2 unspecified atom stereocenters. The fourth-order valence-electron chi connectivity index (χ4n) is 2.79. The fourth-order valence-corrected chi connectivity index (χ4v) is 2.79. The van der Waals surface area contributed by atoms with E-state index in [2.05, 4.69) is 13.8 Å². The molecule has 1 nitrogen and oxygen atoms in total. The topological polar surface area (TPSA) is 20.2 Å². The van der Waals surface area contributed by atoms with Crippen LogP contribution in [0.3, 0.4) is 0 Å². The van der Waals surface area contributed by atoms with E-state index in [9.17, 15) is 5.11 Å². The van der Waals surface area contributed by atoms with Gasteiger partial charge in [0.05, 0.1) is 13.4 Å². The standard InChI is InChI=1S/C12H23BO/c1-3-11(2)7-4-5-8-12(11,14)9-6-10-13/h14H,3-10H2,1-2H3. The summed E-state index contributed by atoms with van der Waals surface area (Å²) < 4.78 is 0. The summed E-state index contributed by atoms with van der Waals surface area (Å²) in [7, 11) is 5.52. The molecule has 1 aliphatic carbocycles. The van der Waals surface area contributed by atoms with Crippen LogP contribution in [0.1, 0.15) is 58.8 Å². The van der Waals surface area contributed by atoms with Gasteiger partial charge in [-0.05, 0) is 31.1 Å². The summed E-state index contributed by atoms with van der Waals surface area (Å²) >= 11 is 0. The van der Waals surface area contributed by atoms with E-state index in [1.54, 1.807) is 0 Å². The van der Waals surface area contributed by atoms with Crippen LogP contribution in [-0.2, 0) is 0 Å². The van der Waals surface area contributed by atoms with Gasteiger partial charge in [-0.25, -0.2) is 0 Å². The first-order chi connectivity index (χ1) is 6.58. The zero-order valence-corrected chi connectivity index (χ0v) is 9.68. The summed E-state index contributed by atoms with van der Waals surface area (Å²) in [6, 6.07) is 0. The van der Waals surface area contributed by atoms with E-state index in [0.717, 1.165) is 25.7 Å². The molecule has 0 aromatic heterocycles. The average molecular weight is 194 g/mol. The summed E-state index contributed by atoms with van der Waals surface area (Å²) in [5.74, 6) is 0. The van der Waals surface area contributed by atoms with Crippen molar-refractivity contribution in [3.05, 3.63) is 0 Å². The highest BCUT2D eigenvalue weighted by Crippen LogP contribution is 2.48. The van der Waals surface area contributed by atoms with Gasteiger partial charge >= 0.3 is 0 Å². The van der Waals surface area contributed by atoms with Crippen LogP contribution in [0, 0.1) is 5.41 Å². The molecule has 1 aliphatic rings. The highest BCUT2D eigenvalue weighted by Gasteiger charge is 2.46. The minimum atomic E-state index is -0.445. The van der Waals surface area contributed by atoms with Crippen LogP contribution in [0.4, 0.5) is 0 Å². The molecule has 1 N–H and O–H groups in total. The number of rotatable bonds is 4. The first-order valence-corrected chi connectivity index (χ1v) is 6.00. The molecule has 0 amide bonds. The van der Waals surface area contributed by atoms with Gasteiger partial charge in [-0.15, -0.1) is 0 Å². The molecule has 2 heteroatoms. The highest BCUT2D eigenvalue weighted by atomic mass is 16.3. The maximum absolute atomic E-state index is 10.7. The van der Waals surface area contributed by atoms with Gasteiger partial charge < -0.3 is 5.11 Å². The summed E-state index contributed by atoms with van der Waals surface area (Å²) in [4.78, 5) is 0. The molecule has 14 heavy (non-hydrogen) atoms. The van der Waals surface area contributed by atoms with E-state index >= 15 is 0 Å². The second-order valence-corrected chi connectivity index (χ2v) is 5.05. The number of hydrogen-bond acceptors (Lipinski definition) is 1. The normalized spacial score (nSPS) is 38.5. The van der Waals surface area contributed by atoms with Crippen molar-refractivity contribution in [3.8, 4) is 0 Å². The zero-order chi connectivity index (χ0) is 10.7. The van der Waals surface area contributed by atoms with E-state index < -0.39 is 5.60 Å². The lowest BCUT2D eigenvalue weighted by atomic mass is 9.61. The molecule has 1 fully saturated rings. The smallest absolute Gasteiger partial charge is 0.0700 e. The lowest BCUT2D eigenvalue weighted by molar-refractivity contribution is -0.113. The Morgan fingerprint density at radius 1 is 1.29 bits per heavy atom. The first kappa shape index (κ1) is 12.1. The minimum absolute atomic E-state index is 0.125. The van der Waals surface area contributed by atoms with Crippen LogP contribution >= 0.6 is 0 Å². The summed E-state index contributed by atoms with van der Waals surface area (Å²) in [6.45, 7) is 4.43.